The fourth-order valence-electron chi connectivity index (χ4n) is 8.83. The molecule has 0 unspecified atom stereocenters. The van der Waals surface area contributed by atoms with Crippen molar-refractivity contribution in [3.05, 3.63) is 71.0 Å². The Hall–Kier alpha value is -5.57. The number of benzene rings is 1. The number of hydrogen-bond acceptors (Lipinski definition) is 10. The van der Waals surface area contributed by atoms with E-state index in [2.05, 4.69) is 31.0 Å². The molecule has 3 saturated heterocycles. The Morgan fingerprint density at radius 1 is 0.953 bits per heavy atom. The molecule has 6 heterocycles. The summed E-state index contributed by atoms with van der Waals surface area (Å²) in [5.41, 5.74) is 5.20. The molecular weight excluding hydrogens is 857 g/mol. The first kappa shape index (κ1) is 46.4. The van der Waals surface area contributed by atoms with Crippen LogP contribution >= 0.6 is 11.6 Å². The van der Waals surface area contributed by atoms with Gasteiger partial charge in [-0.05, 0) is 49.7 Å². The number of quaternary nitrogens is 1. The standard InChI is InChI=1S/C43H54ClF3N12O5/c1-55-35(33-25-58(54-38(33)43(45,46)47)36-9-7-31(23-51-36)50-13-5-3-2-4-12-48)24-52-39(55)40(62)53-30-6-8-32(34(44)20-30)42(64)57-16-14-56(15-17-57)41(63)29-10-18-59(19-11-29,27-37(60)61)26-28-21-49-22-28/h6-9,20,23-25,28-29,49-50H,2-5,10-19,21-22,26-27,48H2,1H3,(H-,53,60,61,62,64)/p+1. The molecule has 4 aromatic rings. The summed E-state index contributed by atoms with van der Waals surface area (Å²) in [7, 11) is 1.42. The fourth-order valence-corrected chi connectivity index (χ4v) is 9.09. The molecule has 17 nitrogen and oxygen atoms in total. The van der Waals surface area contributed by atoms with E-state index >= 15 is 0 Å². The predicted octanol–water partition coefficient (Wildman–Crippen LogP) is 4.34. The highest BCUT2D eigenvalue weighted by atomic mass is 35.5. The number of carboxylic acid groups (broad SMARTS) is 1. The lowest BCUT2D eigenvalue weighted by Crippen LogP contribution is -2.62. The molecule has 3 fully saturated rings. The summed E-state index contributed by atoms with van der Waals surface area (Å²) in [5, 5.41) is 22.7. The van der Waals surface area contributed by atoms with Crippen LogP contribution in [0.2, 0.25) is 5.02 Å². The van der Waals surface area contributed by atoms with Crippen molar-refractivity contribution in [2.45, 2.75) is 44.7 Å². The average Bonchev–Trinajstić information content (AvgIpc) is 3.88. The van der Waals surface area contributed by atoms with Gasteiger partial charge in [-0.25, -0.2) is 19.4 Å². The molecule has 344 valence electrons. The highest BCUT2D eigenvalue weighted by Gasteiger charge is 2.43. The number of halogens is 4. The third-order valence-corrected chi connectivity index (χ3v) is 12.8. The Labute approximate surface area is 373 Å². The van der Waals surface area contributed by atoms with Crippen molar-refractivity contribution in [3.8, 4) is 17.1 Å². The van der Waals surface area contributed by atoms with Gasteiger partial charge in [0.25, 0.3) is 11.8 Å². The van der Waals surface area contributed by atoms with Crippen LogP contribution in [0.15, 0.2) is 48.9 Å². The van der Waals surface area contributed by atoms with Crippen LogP contribution in [0.3, 0.4) is 0 Å². The van der Waals surface area contributed by atoms with Crippen molar-refractivity contribution in [3.63, 3.8) is 0 Å². The molecule has 3 aliphatic heterocycles. The smallest absolute Gasteiger partial charge is 0.435 e. The Morgan fingerprint density at radius 3 is 2.28 bits per heavy atom. The van der Waals surface area contributed by atoms with Crippen molar-refractivity contribution in [2.24, 2.45) is 24.6 Å². The van der Waals surface area contributed by atoms with Crippen molar-refractivity contribution in [1.82, 2.24) is 39.4 Å². The summed E-state index contributed by atoms with van der Waals surface area (Å²) in [5.74, 6) is -1.61. The molecule has 1 aromatic carbocycles. The normalized spacial score (nSPS) is 19.3. The number of aliphatic carboxylic acids is 1. The van der Waals surface area contributed by atoms with Gasteiger partial charge in [-0.2, -0.15) is 18.3 Å². The number of pyridine rings is 1. The van der Waals surface area contributed by atoms with Crippen LogP contribution in [0.1, 0.15) is 65.2 Å². The largest absolute Gasteiger partial charge is 0.477 e. The van der Waals surface area contributed by atoms with Crippen LogP contribution in [0.25, 0.3) is 17.1 Å². The number of anilines is 2. The lowest BCUT2D eigenvalue weighted by atomic mass is 9.90. The number of nitrogens with two attached hydrogens (primary N) is 1. The molecule has 0 radical (unpaired) electrons. The van der Waals surface area contributed by atoms with E-state index in [1.807, 2.05) is 0 Å². The average molecular weight is 912 g/mol. The fraction of sp³-hybridized carbons (Fsp3) is 0.512. The molecule has 3 aromatic heterocycles. The minimum absolute atomic E-state index is 0.00893. The number of hydrogen-bond donors (Lipinski definition) is 5. The minimum Gasteiger partial charge on any atom is -0.477 e. The number of imidazole rings is 1. The van der Waals surface area contributed by atoms with Crippen LogP contribution in [0.5, 0.6) is 0 Å². The summed E-state index contributed by atoms with van der Waals surface area (Å²) in [6.07, 6.45) is 4.29. The number of alkyl halides is 3. The zero-order chi connectivity index (χ0) is 45.6. The third kappa shape index (κ3) is 10.8. The first-order valence-electron chi connectivity index (χ1n) is 21.7. The first-order chi connectivity index (χ1) is 30.6. The molecule has 0 saturated carbocycles. The number of rotatable bonds is 17. The van der Waals surface area contributed by atoms with Crippen molar-refractivity contribution in [2.75, 3.05) is 89.2 Å². The number of likely N-dealkylation sites (tertiary alicyclic amines) is 1. The lowest BCUT2D eigenvalue weighted by Gasteiger charge is -2.46. The van der Waals surface area contributed by atoms with Gasteiger partial charge < -0.3 is 45.6 Å². The van der Waals surface area contributed by atoms with Crippen LogP contribution < -0.4 is 21.7 Å². The Kier molecular flexibility index (Phi) is 14.6. The maximum atomic E-state index is 14.3. The molecule has 0 atom stereocenters. The summed E-state index contributed by atoms with van der Waals surface area (Å²) in [6, 6.07) is 7.67. The number of carboxylic acids is 1. The number of carbonyl (C=O) groups excluding carboxylic acids is 3. The summed E-state index contributed by atoms with van der Waals surface area (Å²) in [6.45, 7) is 6.63. The second kappa shape index (κ2) is 20.1. The SMILES string of the molecule is Cn1c(-c2cn(-c3ccc(NCCCCCCN)cn3)nc2C(F)(F)F)cnc1C(=O)Nc1ccc(C(=O)N2CCN(C(=O)C3CC[N+](CC(=O)O)(CC4CNC4)CC3)CC2)c(Cl)c1. The van der Waals surface area contributed by atoms with E-state index < -0.39 is 23.7 Å². The highest BCUT2D eigenvalue weighted by molar-refractivity contribution is 6.34. The lowest BCUT2D eigenvalue weighted by molar-refractivity contribution is -0.929. The van der Waals surface area contributed by atoms with Gasteiger partial charge in [-0.3, -0.25) is 14.4 Å². The van der Waals surface area contributed by atoms with Crippen LogP contribution in [-0.2, 0) is 22.8 Å². The molecule has 7 rings (SSSR count). The third-order valence-electron chi connectivity index (χ3n) is 12.5. The van der Waals surface area contributed by atoms with E-state index in [9.17, 15) is 37.5 Å². The van der Waals surface area contributed by atoms with Gasteiger partial charge in [0.05, 0.1) is 59.6 Å². The molecule has 3 aliphatic rings. The van der Waals surface area contributed by atoms with Gasteiger partial charge in [0.1, 0.15) is 0 Å². The molecular formula is C43H55ClF3N12O5+. The number of carbonyl (C=O) groups is 4. The highest BCUT2D eigenvalue weighted by Crippen LogP contribution is 2.37. The van der Waals surface area contributed by atoms with Gasteiger partial charge >= 0.3 is 12.1 Å². The summed E-state index contributed by atoms with van der Waals surface area (Å²) < 4.78 is 45.7. The number of aromatic nitrogens is 5. The number of unbranched alkanes of at least 4 members (excludes halogenated alkanes) is 3. The topological polar surface area (TPSA) is 206 Å². The predicted molar refractivity (Wildman–Crippen MR) is 233 cm³/mol. The van der Waals surface area contributed by atoms with Crippen LogP contribution in [0.4, 0.5) is 24.5 Å². The zero-order valence-electron chi connectivity index (χ0n) is 35.7. The van der Waals surface area contributed by atoms with Gasteiger partial charge in [0.15, 0.2) is 23.9 Å². The number of nitrogens with zero attached hydrogens (tertiary/aromatic N) is 8. The number of amides is 3. The Balaban J connectivity index is 0.937. The minimum atomic E-state index is -4.83. The van der Waals surface area contributed by atoms with Gasteiger partial charge in [0, 0.05) is 89.4 Å². The van der Waals surface area contributed by atoms with E-state index in [1.165, 1.54) is 42.2 Å². The summed E-state index contributed by atoms with van der Waals surface area (Å²) in [4.78, 5) is 64.1. The second-order valence-electron chi connectivity index (χ2n) is 17.0. The maximum absolute atomic E-state index is 14.3. The number of piperazine rings is 1. The monoisotopic (exact) mass is 911 g/mol. The number of nitrogens with one attached hydrogen (secondary N) is 3. The van der Waals surface area contributed by atoms with Gasteiger partial charge in [-0.15, -0.1) is 0 Å². The van der Waals surface area contributed by atoms with E-state index in [0.29, 0.717) is 69.1 Å². The maximum Gasteiger partial charge on any atom is 0.435 e. The molecule has 6 N–H and O–H groups in total. The molecule has 0 bridgehead atoms. The number of piperidine rings is 1. The Morgan fingerprint density at radius 2 is 1.66 bits per heavy atom. The van der Waals surface area contributed by atoms with E-state index in [0.717, 1.165) is 68.4 Å². The van der Waals surface area contributed by atoms with Gasteiger partial charge in [-0.1, -0.05) is 24.4 Å². The van der Waals surface area contributed by atoms with E-state index in [-0.39, 0.29) is 63.5 Å². The zero-order valence-corrected chi connectivity index (χ0v) is 36.5. The van der Waals surface area contributed by atoms with Crippen molar-refractivity contribution < 1.29 is 41.9 Å². The quantitative estimate of drug-likeness (QED) is 0.0745. The van der Waals surface area contributed by atoms with E-state index in [4.69, 9.17) is 17.3 Å². The molecule has 0 aliphatic carbocycles. The molecule has 0 spiro atoms. The van der Waals surface area contributed by atoms with E-state index in [1.54, 1.807) is 21.9 Å². The molecule has 21 heteroatoms. The first-order valence-corrected chi connectivity index (χ1v) is 22.1. The second-order valence-corrected chi connectivity index (χ2v) is 17.4. The van der Waals surface area contributed by atoms with Crippen LogP contribution in [0, 0.1) is 11.8 Å². The van der Waals surface area contributed by atoms with Crippen LogP contribution in [-0.4, -0.2) is 146 Å². The molecule has 64 heavy (non-hydrogen) atoms. The molecule has 3 amide bonds. The van der Waals surface area contributed by atoms with Gasteiger partial charge in [0.2, 0.25) is 5.91 Å². The van der Waals surface area contributed by atoms with Crippen molar-refractivity contribution >= 4 is 46.7 Å². The summed E-state index contributed by atoms with van der Waals surface area (Å²) >= 11 is 6.58. The van der Waals surface area contributed by atoms with Crippen molar-refractivity contribution in [1.29, 1.82) is 0 Å². The Bertz CT molecular complexity index is 2300.